The van der Waals surface area contributed by atoms with E-state index in [1.807, 2.05) is 4.68 Å². The van der Waals surface area contributed by atoms with E-state index in [0.29, 0.717) is 5.95 Å². The Bertz CT molecular complexity index is 3910. The Hall–Kier alpha value is -8.93. The van der Waals surface area contributed by atoms with Gasteiger partial charge in [-0.15, -0.1) is 0 Å². The number of hydrogen-bond donors (Lipinski definition) is 0. The highest BCUT2D eigenvalue weighted by atomic mass is 15.4. The highest BCUT2D eigenvalue weighted by Gasteiger charge is 2.27. The van der Waals surface area contributed by atoms with E-state index in [1.54, 1.807) is 0 Å². The first-order chi connectivity index (χ1) is 32.7. The summed E-state index contributed by atoms with van der Waals surface area (Å²) in [6.07, 6.45) is 2.06. The van der Waals surface area contributed by atoms with E-state index in [-0.39, 0.29) is 0 Å². The molecule has 10 aromatic carbocycles. The van der Waals surface area contributed by atoms with Gasteiger partial charge in [0.25, 0.3) is 0 Å². The molecule has 13 aromatic rings. The zero-order chi connectivity index (χ0) is 43.6. The minimum absolute atomic E-state index is 0.572. The summed E-state index contributed by atoms with van der Waals surface area (Å²) in [7, 11) is 0. The quantitative estimate of drug-likeness (QED) is 0.150. The predicted molar refractivity (Wildman–Crippen MR) is 271 cm³/mol. The lowest BCUT2D eigenvalue weighted by molar-refractivity contribution is -0.659. The van der Waals surface area contributed by atoms with Crippen molar-refractivity contribution in [1.29, 1.82) is 0 Å². The Morgan fingerprint density at radius 1 is 0.348 bits per heavy atom. The van der Waals surface area contributed by atoms with Crippen molar-refractivity contribution in [3.8, 4) is 62.0 Å². The number of fused-ring (bicyclic) bond motifs is 8. The summed E-state index contributed by atoms with van der Waals surface area (Å²) < 4.78 is 6.81. The van der Waals surface area contributed by atoms with Crippen molar-refractivity contribution >= 4 is 54.4 Å². The Morgan fingerprint density at radius 2 is 0.848 bits per heavy atom. The van der Waals surface area contributed by atoms with Crippen LogP contribution in [0.25, 0.3) is 116 Å². The van der Waals surface area contributed by atoms with Gasteiger partial charge >= 0.3 is 5.95 Å². The Morgan fingerprint density at radius 3 is 1.48 bits per heavy atom. The highest BCUT2D eigenvalue weighted by Crippen LogP contribution is 2.45. The third kappa shape index (κ3) is 6.13. The Kier molecular flexibility index (Phi) is 8.78. The van der Waals surface area contributed by atoms with E-state index in [4.69, 9.17) is 10.1 Å². The third-order valence-corrected chi connectivity index (χ3v) is 13.0. The molecule has 3 heterocycles. The summed E-state index contributed by atoms with van der Waals surface area (Å²) in [6, 6.07) is 84.5. The average molecular weight is 843 g/mol. The van der Waals surface area contributed by atoms with Crippen LogP contribution in [0.5, 0.6) is 0 Å². The highest BCUT2D eigenvalue weighted by molar-refractivity contribution is 6.24. The van der Waals surface area contributed by atoms with Gasteiger partial charge in [-0.25, -0.2) is 4.98 Å². The molecule has 0 bridgehead atoms. The lowest BCUT2D eigenvalue weighted by Crippen LogP contribution is -2.37. The molecule has 308 valence electrons. The Labute approximate surface area is 381 Å². The molecule has 0 aliphatic heterocycles. The van der Waals surface area contributed by atoms with Crippen LogP contribution in [-0.2, 0) is 0 Å². The number of rotatable bonds is 7. The zero-order valence-electron chi connectivity index (χ0n) is 35.8. The van der Waals surface area contributed by atoms with E-state index in [1.165, 1.54) is 16.3 Å². The predicted octanol–water partition coefficient (Wildman–Crippen LogP) is 14.8. The largest absolute Gasteiger partial charge is 0.306 e. The summed E-state index contributed by atoms with van der Waals surface area (Å²) in [4.78, 5) is 5.56. The van der Waals surface area contributed by atoms with E-state index in [0.717, 1.165) is 94.1 Å². The van der Waals surface area contributed by atoms with E-state index >= 15 is 0 Å². The lowest BCUT2D eigenvalue weighted by atomic mass is 9.95. The summed E-state index contributed by atoms with van der Waals surface area (Å²) in [5, 5.41) is 12.4. The molecule has 0 radical (unpaired) electrons. The monoisotopic (exact) mass is 842 g/mol. The van der Waals surface area contributed by atoms with Gasteiger partial charge in [-0.2, -0.15) is 0 Å². The molecule has 0 aliphatic carbocycles. The van der Waals surface area contributed by atoms with E-state index < -0.39 is 0 Å². The summed E-state index contributed by atoms with van der Waals surface area (Å²) in [5.74, 6) is 0.572. The van der Waals surface area contributed by atoms with E-state index in [9.17, 15) is 0 Å². The summed E-state index contributed by atoms with van der Waals surface area (Å²) >= 11 is 0. The molecule has 0 fully saturated rings. The maximum absolute atomic E-state index is 5.56. The van der Waals surface area contributed by atoms with Crippen molar-refractivity contribution < 1.29 is 4.68 Å². The third-order valence-electron chi connectivity index (χ3n) is 13.0. The normalized spacial score (nSPS) is 11.6. The van der Waals surface area contributed by atoms with Gasteiger partial charge in [0.15, 0.2) is 0 Å². The summed E-state index contributed by atoms with van der Waals surface area (Å²) in [6.45, 7) is 0. The zero-order valence-corrected chi connectivity index (χ0v) is 35.8. The molecule has 3 aromatic heterocycles. The van der Waals surface area contributed by atoms with E-state index in [2.05, 4.69) is 252 Å². The molecule has 66 heavy (non-hydrogen) atoms. The van der Waals surface area contributed by atoms with Crippen LogP contribution in [0.4, 0.5) is 0 Å². The fourth-order valence-corrected chi connectivity index (χ4v) is 9.98. The van der Waals surface area contributed by atoms with Gasteiger partial charge in [0, 0.05) is 55.5 Å². The molecule has 0 saturated carbocycles. The van der Waals surface area contributed by atoms with Gasteiger partial charge in [-0.1, -0.05) is 194 Å². The van der Waals surface area contributed by atoms with Crippen molar-refractivity contribution in [1.82, 2.24) is 19.2 Å². The second-order valence-corrected chi connectivity index (χ2v) is 16.8. The number of aromatic nitrogens is 5. The maximum atomic E-state index is 5.56. The van der Waals surface area contributed by atoms with Crippen LogP contribution in [0, 0.1) is 0 Å². The fraction of sp³-hybridized carbons (Fsp3) is 0. The maximum Gasteiger partial charge on any atom is 0.301 e. The van der Waals surface area contributed by atoms with Crippen molar-refractivity contribution in [2.75, 3.05) is 0 Å². The molecule has 0 atom stereocenters. The molecule has 0 aliphatic rings. The molecule has 0 N–H and O–H groups in total. The standard InChI is InChI=1S/C61H40N5/c1-4-17-41(18-5-1)43-33-35-48(36-34-43)64-40-55(47-32-31-42-19-10-11-24-46(42)39-47)62-61(63-64)66-57-30-15-13-26-52(57)54-38-37-53-51-25-12-14-29-56(51)65(59(53)60(54)66)58-49(44-20-6-2-7-21-44)27-16-28-50(58)45-22-8-3-9-23-45/h1-40H/q+1. The van der Waals surface area contributed by atoms with Gasteiger partial charge in [0.05, 0.1) is 27.8 Å². The van der Waals surface area contributed by atoms with Crippen molar-refractivity contribution in [3.05, 3.63) is 243 Å². The van der Waals surface area contributed by atoms with Crippen LogP contribution in [0.1, 0.15) is 0 Å². The van der Waals surface area contributed by atoms with Crippen molar-refractivity contribution in [3.63, 3.8) is 0 Å². The number of hydrogen-bond acceptors (Lipinski definition) is 2. The molecule has 5 heteroatoms. The molecule has 13 rings (SSSR count). The van der Waals surface area contributed by atoms with Crippen molar-refractivity contribution in [2.24, 2.45) is 0 Å². The molecule has 0 unspecified atom stereocenters. The van der Waals surface area contributed by atoms with Gasteiger partial charge < -0.3 is 4.57 Å². The van der Waals surface area contributed by atoms with Crippen LogP contribution in [0.15, 0.2) is 243 Å². The SMILES string of the molecule is c1ccc(-c2ccc(-[n+]3cc(-c4ccc5ccccc5c4)nc(-n4c5ccccc5c5ccc6c7ccccc7n(-c7c(-c8ccccc8)cccc7-c7ccccc7)c6c54)n3)cc2)cc1. The van der Waals surface area contributed by atoms with Crippen molar-refractivity contribution in [2.45, 2.75) is 0 Å². The van der Waals surface area contributed by atoms with Gasteiger partial charge in [0.2, 0.25) is 11.9 Å². The topological polar surface area (TPSA) is 39.5 Å². The second-order valence-electron chi connectivity index (χ2n) is 16.8. The molecule has 5 nitrogen and oxygen atoms in total. The smallest absolute Gasteiger partial charge is 0.301 e. The fourth-order valence-electron chi connectivity index (χ4n) is 9.98. The first-order valence-electron chi connectivity index (χ1n) is 22.4. The molecule has 0 spiro atoms. The molecular weight excluding hydrogens is 803 g/mol. The van der Waals surface area contributed by atoms with Crippen LogP contribution >= 0.6 is 0 Å². The lowest BCUT2D eigenvalue weighted by Gasteiger charge is -2.20. The van der Waals surface area contributed by atoms with Gasteiger partial charge in [0.1, 0.15) is 5.69 Å². The molecular formula is C61H40N5+. The molecule has 0 amide bonds. The van der Waals surface area contributed by atoms with Crippen LogP contribution < -0.4 is 4.68 Å². The second kappa shape index (κ2) is 15.4. The van der Waals surface area contributed by atoms with Crippen LogP contribution in [0.3, 0.4) is 0 Å². The number of para-hydroxylation sites is 3. The first kappa shape index (κ1) is 37.6. The number of nitrogens with zero attached hydrogens (tertiary/aromatic N) is 5. The minimum atomic E-state index is 0.572. The van der Waals surface area contributed by atoms with Crippen LogP contribution in [-0.4, -0.2) is 19.2 Å². The van der Waals surface area contributed by atoms with Crippen LogP contribution in [0.2, 0.25) is 0 Å². The molecule has 0 saturated heterocycles. The minimum Gasteiger partial charge on any atom is -0.306 e. The average Bonchev–Trinajstić information content (AvgIpc) is 3.92. The first-order valence-corrected chi connectivity index (χ1v) is 22.4. The Balaban J connectivity index is 1.16. The van der Waals surface area contributed by atoms with Gasteiger partial charge in [-0.05, 0) is 68.0 Å². The summed E-state index contributed by atoms with van der Waals surface area (Å²) in [5.41, 5.74) is 15.0. The van der Waals surface area contributed by atoms with Gasteiger partial charge in [-0.3, -0.25) is 4.57 Å². The number of benzene rings is 10.